The SMILES string of the molecule is O=C(c1cccc(C(F)(F)F)c1)N1CCC(c2nnc(-c3ccc(F)cc3)o2)CC1. The van der Waals surface area contributed by atoms with Crippen LogP contribution in [0.2, 0.25) is 0 Å². The van der Waals surface area contributed by atoms with Crippen LogP contribution < -0.4 is 0 Å². The molecule has 1 aliphatic rings. The molecule has 0 saturated carbocycles. The van der Waals surface area contributed by atoms with Crippen molar-refractivity contribution in [2.24, 2.45) is 0 Å². The van der Waals surface area contributed by atoms with Crippen LogP contribution >= 0.6 is 0 Å². The summed E-state index contributed by atoms with van der Waals surface area (Å²) in [4.78, 5) is 14.1. The fourth-order valence-corrected chi connectivity index (χ4v) is 3.45. The van der Waals surface area contributed by atoms with Gasteiger partial charge in [0.25, 0.3) is 5.91 Å². The Balaban J connectivity index is 1.41. The second-order valence-corrected chi connectivity index (χ2v) is 7.10. The molecule has 0 radical (unpaired) electrons. The molecule has 2 aromatic carbocycles. The highest BCUT2D eigenvalue weighted by molar-refractivity contribution is 5.94. The van der Waals surface area contributed by atoms with Crippen molar-refractivity contribution in [3.63, 3.8) is 0 Å². The van der Waals surface area contributed by atoms with Gasteiger partial charge in [0.1, 0.15) is 5.82 Å². The molecule has 0 bridgehead atoms. The summed E-state index contributed by atoms with van der Waals surface area (Å²) in [5.41, 5.74) is -0.227. The number of piperidine rings is 1. The minimum Gasteiger partial charge on any atom is -0.420 e. The summed E-state index contributed by atoms with van der Waals surface area (Å²) in [5, 5.41) is 8.07. The average Bonchev–Trinajstić information content (AvgIpc) is 3.24. The minimum absolute atomic E-state index is 0.0136. The van der Waals surface area contributed by atoms with Crippen LogP contribution in [-0.2, 0) is 6.18 Å². The van der Waals surface area contributed by atoms with Crippen molar-refractivity contribution in [1.29, 1.82) is 0 Å². The molecule has 4 rings (SSSR count). The van der Waals surface area contributed by atoms with Gasteiger partial charge in [-0.1, -0.05) is 6.07 Å². The molecule has 2 heterocycles. The van der Waals surface area contributed by atoms with Crippen LogP contribution in [0.3, 0.4) is 0 Å². The van der Waals surface area contributed by atoms with Gasteiger partial charge in [-0.25, -0.2) is 4.39 Å². The van der Waals surface area contributed by atoms with Gasteiger partial charge in [-0.2, -0.15) is 13.2 Å². The molecule has 30 heavy (non-hydrogen) atoms. The number of alkyl halides is 3. The van der Waals surface area contributed by atoms with Crippen molar-refractivity contribution in [1.82, 2.24) is 15.1 Å². The average molecular weight is 419 g/mol. The summed E-state index contributed by atoms with van der Waals surface area (Å²) < 4.78 is 57.4. The normalized spacial score (nSPS) is 15.4. The van der Waals surface area contributed by atoms with Crippen LogP contribution in [0, 0.1) is 5.82 Å². The van der Waals surface area contributed by atoms with E-state index >= 15 is 0 Å². The zero-order valence-electron chi connectivity index (χ0n) is 15.7. The van der Waals surface area contributed by atoms with Crippen molar-refractivity contribution in [2.45, 2.75) is 24.9 Å². The lowest BCUT2D eigenvalue weighted by Gasteiger charge is -2.30. The van der Waals surface area contributed by atoms with E-state index in [2.05, 4.69) is 10.2 Å². The molecule has 1 aliphatic heterocycles. The zero-order valence-corrected chi connectivity index (χ0v) is 15.7. The summed E-state index contributed by atoms with van der Waals surface area (Å²) in [6, 6.07) is 10.1. The number of nitrogens with zero attached hydrogens (tertiary/aromatic N) is 3. The largest absolute Gasteiger partial charge is 0.420 e. The van der Waals surface area contributed by atoms with Gasteiger partial charge in [0, 0.05) is 30.1 Å². The predicted molar refractivity (Wildman–Crippen MR) is 99.0 cm³/mol. The number of halogens is 4. The number of rotatable bonds is 3. The van der Waals surface area contributed by atoms with E-state index in [9.17, 15) is 22.4 Å². The summed E-state index contributed by atoms with van der Waals surface area (Å²) in [5.74, 6) is -0.140. The van der Waals surface area contributed by atoms with E-state index in [1.807, 2.05) is 0 Å². The lowest BCUT2D eigenvalue weighted by atomic mass is 9.96. The highest BCUT2D eigenvalue weighted by Gasteiger charge is 2.32. The summed E-state index contributed by atoms with van der Waals surface area (Å²) in [6.45, 7) is 0.738. The highest BCUT2D eigenvalue weighted by atomic mass is 19.4. The fourth-order valence-electron chi connectivity index (χ4n) is 3.45. The van der Waals surface area contributed by atoms with E-state index in [4.69, 9.17) is 4.42 Å². The number of aromatic nitrogens is 2. The quantitative estimate of drug-likeness (QED) is 0.566. The molecule has 1 aromatic heterocycles. The molecule has 5 nitrogen and oxygen atoms in total. The Morgan fingerprint density at radius 3 is 2.40 bits per heavy atom. The zero-order chi connectivity index (χ0) is 21.3. The standard InChI is InChI=1S/C21H17F4N3O2/c22-17-6-4-13(5-7-17)18-26-27-19(30-18)14-8-10-28(11-9-14)20(29)15-2-1-3-16(12-15)21(23,24)25/h1-7,12,14H,8-11H2. The summed E-state index contributed by atoms with van der Waals surface area (Å²) in [7, 11) is 0. The Morgan fingerprint density at radius 1 is 1.03 bits per heavy atom. The van der Waals surface area contributed by atoms with Crippen molar-refractivity contribution in [3.05, 3.63) is 71.4 Å². The van der Waals surface area contributed by atoms with Crippen molar-refractivity contribution in [3.8, 4) is 11.5 Å². The van der Waals surface area contributed by atoms with Gasteiger partial charge >= 0.3 is 6.18 Å². The molecule has 3 aromatic rings. The molecular formula is C21H17F4N3O2. The van der Waals surface area contributed by atoms with Crippen molar-refractivity contribution >= 4 is 5.91 Å². The monoisotopic (exact) mass is 419 g/mol. The van der Waals surface area contributed by atoms with E-state index in [-0.39, 0.29) is 23.2 Å². The van der Waals surface area contributed by atoms with Crippen LogP contribution in [0.5, 0.6) is 0 Å². The Morgan fingerprint density at radius 2 is 1.73 bits per heavy atom. The lowest BCUT2D eigenvalue weighted by molar-refractivity contribution is -0.137. The van der Waals surface area contributed by atoms with Crippen LogP contribution in [0.4, 0.5) is 17.6 Å². The number of carbonyl (C=O) groups is 1. The molecule has 0 aliphatic carbocycles. The maximum atomic E-state index is 13.0. The molecule has 9 heteroatoms. The van der Waals surface area contributed by atoms with Gasteiger partial charge < -0.3 is 9.32 Å². The molecule has 0 atom stereocenters. The highest BCUT2D eigenvalue weighted by Crippen LogP contribution is 2.32. The van der Waals surface area contributed by atoms with Crippen molar-refractivity contribution in [2.75, 3.05) is 13.1 Å². The maximum Gasteiger partial charge on any atom is 0.416 e. The number of hydrogen-bond donors (Lipinski definition) is 0. The van der Waals surface area contributed by atoms with Crippen LogP contribution in [0.25, 0.3) is 11.5 Å². The van der Waals surface area contributed by atoms with Crippen LogP contribution in [0.15, 0.2) is 52.9 Å². The van der Waals surface area contributed by atoms with Crippen LogP contribution in [-0.4, -0.2) is 34.1 Å². The van der Waals surface area contributed by atoms with Gasteiger partial charge in [-0.05, 0) is 55.3 Å². The predicted octanol–water partition coefficient (Wildman–Crippen LogP) is 4.91. The first-order valence-corrected chi connectivity index (χ1v) is 9.37. The van der Waals surface area contributed by atoms with Crippen LogP contribution in [0.1, 0.15) is 40.6 Å². The van der Waals surface area contributed by atoms with Gasteiger partial charge in [0.2, 0.25) is 11.8 Å². The molecular weight excluding hydrogens is 402 g/mol. The molecule has 1 amide bonds. The second kappa shape index (κ2) is 7.89. The Kier molecular flexibility index (Phi) is 5.27. The maximum absolute atomic E-state index is 13.0. The van der Waals surface area contributed by atoms with E-state index < -0.39 is 17.6 Å². The molecule has 0 unspecified atom stereocenters. The first-order chi connectivity index (χ1) is 14.3. The third kappa shape index (κ3) is 4.19. The first kappa shape index (κ1) is 20.1. The fraction of sp³-hybridized carbons (Fsp3) is 0.286. The van der Waals surface area contributed by atoms with E-state index in [1.165, 1.54) is 29.2 Å². The topological polar surface area (TPSA) is 59.2 Å². The summed E-state index contributed by atoms with van der Waals surface area (Å²) in [6.07, 6.45) is -3.39. The van der Waals surface area contributed by atoms with Crippen molar-refractivity contribution < 1.29 is 26.8 Å². The number of likely N-dealkylation sites (tertiary alicyclic amines) is 1. The second-order valence-electron chi connectivity index (χ2n) is 7.10. The summed E-state index contributed by atoms with van der Waals surface area (Å²) >= 11 is 0. The van der Waals surface area contributed by atoms with E-state index in [1.54, 1.807) is 12.1 Å². The molecule has 1 fully saturated rings. The number of amides is 1. The smallest absolute Gasteiger partial charge is 0.416 e. The van der Waals surface area contributed by atoms with Gasteiger partial charge in [-0.15, -0.1) is 10.2 Å². The molecule has 0 N–H and O–H groups in total. The number of carbonyl (C=O) groups excluding carboxylic acids is 1. The van der Waals surface area contributed by atoms with Gasteiger partial charge in [-0.3, -0.25) is 4.79 Å². The Bertz CT molecular complexity index is 1040. The lowest BCUT2D eigenvalue weighted by Crippen LogP contribution is -2.38. The Labute approximate surface area is 169 Å². The molecule has 1 saturated heterocycles. The Hall–Kier alpha value is -3.23. The van der Waals surface area contributed by atoms with Gasteiger partial charge in [0.15, 0.2) is 0 Å². The number of hydrogen-bond acceptors (Lipinski definition) is 4. The van der Waals surface area contributed by atoms with Gasteiger partial charge in [0.05, 0.1) is 5.56 Å². The van der Waals surface area contributed by atoms with E-state index in [0.717, 1.165) is 12.1 Å². The number of benzene rings is 2. The third-order valence-electron chi connectivity index (χ3n) is 5.10. The van der Waals surface area contributed by atoms with E-state index in [0.29, 0.717) is 37.4 Å². The third-order valence-corrected chi connectivity index (χ3v) is 5.10. The molecule has 0 spiro atoms. The molecule has 156 valence electrons. The first-order valence-electron chi connectivity index (χ1n) is 9.37. The minimum atomic E-state index is -4.50.